The molecule has 1 saturated heterocycles. The Labute approximate surface area is 114 Å². The van der Waals surface area contributed by atoms with Crippen LogP contribution in [0.15, 0.2) is 0 Å². The highest BCUT2D eigenvalue weighted by atomic mass is 16.3. The SMILES string of the molecule is CC(O)CNC(=O)C1CC(=O)N(CCCN(C)C)C1. The first-order chi connectivity index (χ1) is 8.90. The van der Waals surface area contributed by atoms with E-state index in [-0.39, 0.29) is 30.7 Å². The molecule has 1 heterocycles. The van der Waals surface area contributed by atoms with Gasteiger partial charge >= 0.3 is 0 Å². The molecule has 1 aliphatic rings. The maximum Gasteiger partial charge on any atom is 0.225 e. The van der Waals surface area contributed by atoms with Crippen LogP contribution in [0.25, 0.3) is 0 Å². The van der Waals surface area contributed by atoms with Crippen LogP contribution < -0.4 is 5.32 Å². The number of aliphatic hydroxyl groups excluding tert-OH is 1. The van der Waals surface area contributed by atoms with Gasteiger partial charge in [0.15, 0.2) is 0 Å². The van der Waals surface area contributed by atoms with Crippen LogP contribution in [0.4, 0.5) is 0 Å². The first-order valence-corrected chi connectivity index (χ1v) is 6.78. The molecule has 0 bridgehead atoms. The summed E-state index contributed by atoms with van der Waals surface area (Å²) in [6.07, 6.45) is 0.645. The molecule has 1 rings (SSSR count). The van der Waals surface area contributed by atoms with Gasteiger partial charge in [0, 0.05) is 26.1 Å². The average Bonchev–Trinajstić information content (AvgIpc) is 2.67. The van der Waals surface area contributed by atoms with E-state index in [1.807, 2.05) is 14.1 Å². The van der Waals surface area contributed by atoms with Gasteiger partial charge in [0.1, 0.15) is 0 Å². The van der Waals surface area contributed by atoms with E-state index in [2.05, 4.69) is 10.2 Å². The van der Waals surface area contributed by atoms with Gasteiger partial charge in [0.25, 0.3) is 0 Å². The number of rotatable bonds is 7. The van der Waals surface area contributed by atoms with E-state index in [1.54, 1.807) is 11.8 Å². The lowest BCUT2D eigenvalue weighted by atomic mass is 10.1. The number of likely N-dealkylation sites (tertiary alicyclic amines) is 1. The largest absolute Gasteiger partial charge is 0.392 e. The standard InChI is InChI=1S/C13H25N3O3/c1-10(17)8-14-13(19)11-7-12(18)16(9-11)6-4-5-15(2)3/h10-11,17H,4-9H2,1-3H3,(H,14,19). The predicted molar refractivity (Wildman–Crippen MR) is 72.5 cm³/mol. The third-order valence-corrected chi connectivity index (χ3v) is 3.19. The molecule has 2 amide bonds. The summed E-state index contributed by atoms with van der Waals surface area (Å²) in [4.78, 5) is 27.4. The second kappa shape index (κ2) is 7.45. The van der Waals surface area contributed by atoms with Gasteiger partial charge in [-0.3, -0.25) is 9.59 Å². The lowest BCUT2D eigenvalue weighted by Crippen LogP contribution is -2.37. The monoisotopic (exact) mass is 271 g/mol. The Morgan fingerprint density at radius 1 is 1.58 bits per heavy atom. The molecule has 19 heavy (non-hydrogen) atoms. The molecule has 0 spiro atoms. The zero-order valence-corrected chi connectivity index (χ0v) is 12.1. The fraction of sp³-hybridized carbons (Fsp3) is 0.846. The van der Waals surface area contributed by atoms with Gasteiger partial charge in [-0.1, -0.05) is 0 Å². The minimum absolute atomic E-state index is 0.0518. The van der Waals surface area contributed by atoms with Crippen molar-refractivity contribution in [2.24, 2.45) is 5.92 Å². The van der Waals surface area contributed by atoms with Crippen LogP contribution in [0, 0.1) is 5.92 Å². The Balaban J connectivity index is 2.33. The smallest absolute Gasteiger partial charge is 0.225 e. The highest BCUT2D eigenvalue weighted by molar-refractivity contribution is 5.89. The van der Waals surface area contributed by atoms with Crippen LogP contribution in [0.5, 0.6) is 0 Å². The molecule has 0 saturated carbocycles. The summed E-state index contributed by atoms with van der Waals surface area (Å²) in [5, 5.41) is 11.8. The van der Waals surface area contributed by atoms with Gasteiger partial charge in [0.05, 0.1) is 12.0 Å². The van der Waals surface area contributed by atoms with E-state index in [0.717, 1.165) is 13.0 Å². The minimum atomic E-state index is -0.558. The third kappa shape index (κ3) is 5.57. The van der Waals surface area contributed by atoms with Crippen molar-refractivity contribution in [3.8, 4) is 0 Å². The van der Waals surface area contributed by atoms with E-state index in [4.69, 9.17) is 5.11 Å². The molecule has 6 nitrogen and oxygen atoms in total. The summed E-state index contributed by atoms with van der Waals surface area (Å²) in [6, 6.07) is 0. The van der Waals surface area contributed by atoms with E-state index >= 15 is 0 Å². The molecular formula is C13H25N3O3. The van der Waals surface area contributed by atoms with E-state index in [9.17, 15) is 9.59 Å². The molecule has 0 aromatic rings. The zero-order chi connectivity index (χ0) is 14.4. The van der Waals surface area contributed by atoms with Crippen LogP contribution in [-0.4, -0.2) is 73.1 Å². The number of carbonyl (C=O) groups excluding carboxylic acids is 2. The highest BCUT2D eigenvalue weighted by Gasteiger charge is 2.33. The van der Waals surface area contributed by atoms with Crippen molar-refractivity contribution in [3.05, 3.63) is 0 Å². The second-order valence-corrected chi connectivity index (χ2v) is 5.49. The zero-order valence-electron chi connectivity index (χ0n) is 12.1. The third-order valence-electron chi connectivity index (χ3n) is 3.19. The lowest BCUT2D eigenvalue weighted by Gasteiger charge is -2.18. The highest BCUT2D eigenvalue weighted by Crippen LogP contribution is 2.18. The van der Waals surface area contributed by atoms with Crippen LogP contribution in [0.1, 0.15) is 19.8 Å². The molecular weight excluding hydrogens is 246 g/mol. The number of nitrogens with zero attached hydrogens (tertiary/aromatic N) is 2. The molecule has 6 heteroatoms. The Hall–Kier alpha value is -1.14. The Bertz CT molecular complexity index is 318. The predicted octanol–water partition coefficient (Wildman–Crippen LogP) is -0.716. The Morgan fingerprint density at radius 2 is 2.26 bits per heavy atom. The number of hydrogen-bond donors (Lipinski definition) is 2. The summed E-state index contributed by atoms with van der Waals surface area (Å²) in [5.41, 5.74) is 0. The Morgan fingerprint density at radius 3 is 2.84 bits per heavy atom. The van der Waals surface area contributed by atoms with E-state index in [0.29, 0.717) is 13.1 Å². The summed E-state index contributed by atoms with van der Waals surface area (Å²) < 4.78 is 0. The molecule has 110 valence electrons. The molecule has 1 fully saturated rings. The maximum absolute atomic E-state index is 11.8. The van der Waals surface area contributed by atoms with Crippen molar-refractivity contribution in [1.82, 2.24) is 15.1 Å². The quantitative estimate of drug-likeness (QED) is 0.641. The van der Waals surface area contributed by atoms with E-state index < -0.39 is 6.10 Å². The van der Waals surface area contributed by atoms with Crippen molar-refractivity contribution in [2.75, 3.05) is 40.3 Å². The second-order valence-electron chi connectivity index (χ2n) is 5.49. The van der Waals surface area contributed by atoms with Crippen LogP contribution in [0.3, 0.4) is 0 Å². The molecule has 0 aromatic heterocycles. The van der Waals surface area contributed by atoms with Gasteiger partial charge in [0.2, 0.25) is 11.8 Å². The van der Waals surface area contributed by atoms with Crippen LogP contribution >= 0.6 is 0 Å². The van der Waals surface area contributed by atoms with Crippen molar-refractivity contribution < 1.29 is 14.7 Å². The van der Waals surface area contributed by atoms with Gasteiger partial charge in [-0.15, -0.1) is 0 Å². The molecule has 0 aliphatic carbocycles. The topological polar surface area (TPSA) is 72.9 Å². The van der Waals surface area contributed by atoms with Crippen molar-refractivity contribution in [1.29, 1.82) is 0 Å². The minimum Gasteiger partial charge on any atom is -0.392 e. The average molecular weight is 271 g/mol. The summed E-state index contributed by atoms with van der Waals surface area (Å²) in [7, 11) is 4.00. The number of nitrogens with one attached hydrogen (secondary N) is 1. The van der Waals surface area contributed by atoms with Crippen molar-refractivity contribution in [3.63, 3.8) is 0 Å². The molecule has 2 N–H and O–H groups in total. The van der Waals surface area contributed by atoms with Crippen LogP contribution in [-0.2, 0) is 9.59 Å². The van der Waals surface area contributed by atoms with Crippen molar-refractivity contribution in [2.45, 2.75) is 25.9 Å². The first-order valence-electron chi connectivity index (χ1n) is 6.78. The van der Waals surface area contributed by atoms with Gasteiger partial charge in [-0.05, 0) is 34.0 Å². The molecule has 2 unspecified atom stereocenters. The molecule has 2 atom stereocenters. The molecule has 0 radical (unpaired) electrons. The van der Waals surface area contributed by atoms with Crippen LogP contribution in [0.2, 0.25) is 0 Å². The fourth-order valence-electron chi connectivity index (χ4n) is 2.13. The normalized spacial score (nSPS) is 21.0. The van der Waals surface area contributed by atoms with E-state index in [1.165, 1.54) is 0 Å². The number of carbonyl (C=O) groups is 2. The Kier molecular flexibility index (Phi) is 6.24. The van der Waals surface area contributed by atoms with Gasteiger partial charge in [-0.2, -0.15) is 0 Å². The molecule has 1 aliphatic heterocycles. The van der Waals surface area contributed by atoms with Gasteiger partial charge in [-0.25, -0.2) is 0 Å². The summed E-state index contributed by atoms with van der Waals surface area (Å²) in [6.45, 7) is 4.00. The lowest BCUT2D eigenvalue weighted by molar-refractivity contribution is -0.129. The number of amides is 2. The van der Waals surface area contributed by atoms with Gasteiger partial charge < -0.3 is 20.2 Å². The summed E-state index contributed by atoms with van der Waals surface area (Å²) >= 11 is 0. The first kappa shape index (κ1) is 15.9. The number of hydrogen-bond acceptors (Lipinski definition) is 4. The number of aliphatic hydroxyl groups is 1. The fourth-order valence-corrected chi connectivity index (χ4v) is 2.13. The maximum atomic E-state index is 11.8. The van der Waals surface area contributed by atoms with Crippen molar-refractivity contribution >= 4 is 11.8 Å². The molecule has 0 aromatic carbocycles. The summed E-state index contributed by atoms with van der Waals surface area (Å²) in [5.74, 6) is -0.356.